The Bertz CT molecular complexity index is 915. The van der Waals surface area contributed by atoms with Crippen molar-refractivity contribution in [3.8, 4) is 11.5 Å². The Morgan fingerprint density at radius 2 is 1.79 bits per heavy atom. The molecule has 0 aliphatic rings. The first-order chi connectivity index (χ1) is 15.8. The van der Waals surface area contributed by atoms with E-state index in [9.17, 15) is 9.59 Å². The van der Waals surface area contributed by atoms with Gasteiger partial charge in [0.25, 0.3) is 5.91 Å². The molecule has 0 bridgehead atoms. The van der Waals surface area contributed by atoms with Crippen LogP contribution in [0, 0.1) is 0 Å². The monoisotopic (exact) mass is 518 g/mol. The Morgan fingerprint density at radius 1 is 1.09 bits per heavy atom. The van der Waals surface area contributed by atoms with Crippen LogP contribution < -0.4 is 14.8 Å². The third-order valence-electron chi connectivity index (χ3n) is 5.42. The average molecular weight is 519 g/mol. The topological polar surface area (TPSA) is 67.9 Å². The third-order valence-corrected chi connectivity index (χ3v) is 6.04. The number of hydrogen-bond donors (Lipinski definition) is 1. The average Bonchev–Trinajstić information content (AvgIpc) is 2.81. The van der Waals surface area contributed by atoms with Crippen LogP contribution in [0.3, 0.4) is 0 Å². The van der Waals surface area contributed by atoms with E-state index < -0.39 is 6.04 Å². The molecule has 2 rings (SSSR count). The lowest BCUT2D eigenvalue weighted by Crippen LogP contribution is -2.50. The first-order valence-electron chi connectivity index (χ1n) is 11.4. The Morgan fingerprint density at radius 3 is 2.33 bits per heavy atom. The fourth-order valence-corrected chi connectivity index (χ4v) is 3.94. The van der Waals surface area contributed by atoms with Crippen LogP contribution in [0.25, 0.3) is 0 Å². The smallest absolute Gasteiger partial charge is 0.261 e. The molecular weight excluding hydrogens is 484 g/mol. The van der Waals surface area contributed by atoms with Gasteiger partial charge in [-0.05, 0) is 70.1 Å². The van der Waals surface area contributed by atoms with Crippen LogP contribution in [0.5, 0.6) is 11.5 Å². The van der Waals surface area contributed by atoms with E-state index in [1.807, 2.05) is 56.3 Å². The number of rotatable bonds is 12. The molecule has 0 spiro atoms. The highest BCUT2D eigenvalue weighted by Crippen LogP contribution is 2.29. The van der Waals surface area contributed by atoms with Gasteiger partial charge in [-0.2, -0.15) is 0 Å². The van der Waals surface area contributed by atoms with Gasteiger partial charge in [-0.3, -0.25) is 9.59 Å². The first kappa shape index (κ1) is 26.7. The molecule has 0 saturated heterocycles. The highest BCUT2D eigenvalue weighted by atomic mass is 79.9. The highest BCUT2D eigenvalue weighted by Gasteiger charge is 2.29. The largest absolute Gasteiger partial charge is 0.497 e. The van der Waals surface area contributed by atoms with E-state index in [2.05, 4.69) is 35.1 Å². The molecule has 0 saturated carbocycles. The summed E-state index contributed by atoms with van der Waals surface area (Å²) >= 11 is 3.54. The molecule has 1 N–H and O–H groups in total. The van der Waals surface area contributed by atoms with Crippen LogP contribution in [0.15, 0.2) is 46.9 Å². The maximum Gasteiger partial charge on any atom is 0.261 e. The number of carbonyl (C=O) groups excluding carboxylic acids is 2. The van der Waals surface area contributed by atoms with E-state index in [4.69, 9.17) is 9.47 Å². The highest BCUT2D eigenvalue weighted by molar-refractivity contribution is 9.10. The lowest BCUT2D eigenvalue weighted by atomic mass is 10.0. The van der Waals surface area contributed by atoms with Gasteiger partial charge in [-0.1, -0.05) is 45.9 Å². The molecule has 0 fully saturated rings. The van der Waals surface area contributed by atoms with Crippen molar-refractivity contribution in [2.75, 3.05) is 20.3 Å². The van der Waals surface area contributed by atoms with Gasteiger partial charge >= 0.3 is 0 Å². The minimum atomic E-state index is -0.582. The number of methoxy groups -OCH3 is 1. The molecule has 0 unspecified atom stereocenters. The summed E-state index contributed by atoms with van der Waals surface area (Å²) in [5.41, 5.74) is 2.09. The second-order valence-electron chi connectivity index (χ2n) is 8.22. The molecule has 0 radical (unpaired) electrons. The third kappa shape index (κ3) is 7.77. The number of hydrogen-bond acceptors (Lipinski definition) is 4. The number of halogens is 1. The predicted octanol–water partition coefficient (Wildman–Crippen LogP) is 5.29. The van der Waals surface area contributed by atoms with Gasteiger partial charge < -0.3 is 19.7 Å². The van der Waals surface area contributed by atoms with Crippen molar-refractivity contribution in [2.24, 2.45) is 0 Å². The summed E-state index contributed by atoms with van der Waals surface area (Å²) in [7, 11) is 1.61. The van der Waals surface area contributed by atoms with Gasteiger partial charge in [-0.15, -0.1) is 0 Å². The fraction of sp³-hybridized carbons (Fsp3) is 0.462. The van der Waals surface area contributed by atoms with Gasteiger partial charge in [0.1, 0.15) is 17.5 Å². The maximum atomic E-state index is 13.3. The quantitative estimate of drug-likeness (QED) is 0.414. The molecule has 2 aromatic rings. The molecule has 2 aromatic carbocycles. The first-order valence-corrected chi connectivity index (χ1v) is 12.2. The molecule has 1 atom stereocenters. The molecule has 7 heteroatoms. The van der Waals surface area contributed by atoms with Crippen molar-refractivity contribution in [1.82, 2.24) is 10.2 Å². The number of amides is 2. The Hall–Kier alpha value is -2.54. The summed E-state index contributed by atoms with van der Waals surface area (Å²) in [5, 5.41) is 2.92. The summed E-state index contributed by atoms with van der Waals surface area (Å²) in [6.45, 7) is 8.87. The van der Waals surface area contributed by atoms with Crippen molar-refractivity contribution in [3.63, 3.8) is 0 Å². The van der Waals surface area contributed by atoms with E-state index in [0.29, 0.717) is 31.2 Å². The normalized spacial score (nSPS) is 11.7. The fourth-order valence-electron chi connectivity index (χ4n) is 3.43. The number of ether oxygens (including phenoxy) is 2. The summed E-state index contributed by atoms with van der Waals surface area (Å²) in [6, 6.07) is 12.8. The van der Waals surface area contributed by atoms with Gasteiger partial charge in [-0.25, -0.2) is 0 Å². The van der Waals surface area contributed by atoms with Crippen LogP contribution in [0.4, 0.5) is 0 Å². The minimum absolute atomic E-state index is 0.149. The van der Waals surface area contributed by atoms with Gasteiger partial charge in [0.05, 0.1) is 11.6 Å². The zero-order valence-corrected chi connectivity index (χ0v) is 21.8. The van der Waals surface area contributed by atoms with Gasteiger partial charge in [0, 0.05) is 13.1 Å². The lowest BCUT2D eigenvalue weighted by molar-refractivity contribution is -0.143. The van der Waals surface area contributed by atoms with Crippen molar-refractivity contribution in [1.29, 1.82) is 0 Å². The van der Waals surface area contributed by atoms with E-state index >= 15 is 0 Å². The lowest BCUT2D eigenvalue weighted by Gasteiger charge is -2.30. The van der Waals surface area contributed by atoms with Crippen molar-refractivity contribution in [3.05, 3.63) is 58.1 Å². The summed E-state index contributed by atoms with van der Waals surface area (Å²) in [4.78, 5) is 27.7. The minimum Gasteiger partial charge on any atom is -0.497 e. The van der Waals surface area contributed by atoms with E-state index in [0.717, 1.165) is 22.2 Å². The Labute approximate surface area is 205 Å². The molecule has 0 heterocycles. The molecule has 0 aromatic heterocycles. The van der Waals surface area contributed by atoms with Gasteiger partial charge in [0.15, 0.2) is 6.61 Å². The van der Waals surface area contributed by atoms with Crippen LogP contribution in [0.1, 0.15) is 57.6 Å². The maximum absolute atomic E-state index is 13.3. The molecule has 0 aliphatic heterocycles. The van der Waals surface area contributed by atoms with Crippen LogP contribution >= 0.6 is 15.9 Å². The Kier molecular flexibility index (Phi) is 10.7. The zero-order valence-electron chi connectivity index (χ0n) is 20.2. The summed E-state index contributed by atoms with van der Waals surface area (Å²) in [5.74, 6) is 1.33. The molecule has 33 heavy (non-hydrogen) atoms. The van der Waals surface area contributed by atoms with E-state index in [1.165, 1.54) is 5.56 Å². The summed E-state index contributed by atoms with van der Waals surface area (Å²) < 4.78 is 11.9. The zero-order chi connectivity index (χ0) is 24.4. The number of carbonyl (C=O) groups is 2. The van der Waals surface area contributed by atoms with Crippen LogP contribution in [0.2, 0.25) is 0 Å². The Balaban J connectivity index is 2.21. The van der Waals surface area contributed by atoms with Crippen LogP contribution in [-0.2, 0) is 16.1 Å². The van der Waals surface area contributed by atoms with Crippen molar-refractivity contribution < 1.29 is 19.1 Å². The predicted molar refractivity (Wildman–Crippen MR) is 135 cm³/mol. The standard InChI is InChI=1S/C26H35BrN2O4/c1-6-14-28-26(31)23(7-2)29(16-19-8-11-21(32-5)12-9-19)25(30)17-33-24-13-10-20(18(3)4)15-22(24)27/h8-13,15,18,23H,6-7,14,16-17H2,1-5H3,(H,28,31)/t23-/m1/s1. The number of nitrogens with one attached hydrogen (secondary N) is 1. The van der Waals surface area contributed by atoms with Crippen LogP contribution in [-0.4, -0.2) is 43.0 Å². The number of nitrogens with zero attached hydrogens (tertiary/aromatic N) is 1. The summed E-state index contributed by atoms with van der Waals surface area (Å²) in [6.07, 6.45) is 1.34. The van der Waals surface area contributed by atoms with E-state index in [1.54, 1.807) is 12.0 Å². The number of benzene rings is 2. The molecule has 0 aliphatic carbocycles. The van der Waals surface area contributed by atoms with E-state index in [-0.39, 0.29) is 18.4 Å². The SMILES string of the molecule is CCCNC(=O)[C@@H](CC)N(Cc1ccc(OC)cc1)C(=O)COc1ccc(C(C)C)cc1Br. The van der Waals surface area contributed by atoms with Crippen molar-refractivity contribution >= 4 is 27.7 Å². The second kappa shape index (κ2) is 13.2. The second-order valence-corrected chi connectivity index (χ2v) is 9.07. The molecule has 6 nitrogen and oxygen atoms in total. The molecular formula is C26H35BrN2O4. The molecule has 180 valence electrons. The van der Waals surface area contributed by atoms with Gasteiger partial charge in [0.2, 0.25) is 5.91 Å². The molecule has 2 amide bonds. The van der Waals surface area contributed by atoms with Crippen molar-refractivity contribution in [2.45, 2.75) is 59.0 Å².